The van der Waals surface area contributed by atoms with Crippen molar-refractivity contribution in [2.24, 2.45) is 0 Å². The molecule has 0 amide bonds. The number of H-pyrrole nitrogens is 1. The van der Waals surface area contributed by atoms with Crippen molar-refractivity contribution >= 4 is 23.1 Å². The Kier molecular flexibility index (Phi) is 3.89. The fourth-order valence-electron chi connectivity index (χ4n) is 2.73. The average Bonchev–Trinajstić information content (AvgIpc) is 2.92. The van der Waals surface area contributed by atoms with E-state index in [2.05, 4.69) is 20.2 Å². The van der Waals surface area contributed by atoms with Gasteiger partial charge >= 0.3 is 6.16 Å². The molecule has 0 saturated carbocycles. The van der Waals surface area contributed by atoms with E-state index in [4.69, 9.17) is 9.84 Å². The van der Waals surface area contributed by atoms with E-state index in [0.717, 1.165) is 43.2 Å². The summed E-state index contributed by atoms with van der Waals surface area (Å²) >= 11 is 0. The molecule has 1 aromatic carbocycles. The van der Waals surface area contributed by atoms with Crippen LogP contribution in [0.5, 0.6) is 5.75 Å². The number of aromatic amines is 1. The Balaban J connectivity index is 2.07. The van der Waals surface area contributed by atoms with Crippen molar-refractivity contribution in [2.75, 3.05) is 31.1 Å². The summed E-state index contributed by atoms with van der Waals surface area (Å²) in [6, 6.07) is 3.82. The molecule has 2 heterocycles. The normalized spacial score (nSPS) is 15.5. The third-order valence-electron chi connectivity index (χ3n) is 3.85. The van der Waals surface area contributed by atoms with Gasteiger partial charge in [-0.1, -0.05) is 19.9 Å². The highest BCUT2D eigenvalue weighted by atomic mass is 16.7. The second-order valence-corrected chi connectivity index (χ2v) is 5.70. The number of ether oxygens (including phenoxy) is 1. The first-order chi connectivity index (χ1) is 10.6. The van der Waals surface area contributed by atoms with Gasteiger partial charge < -0.3 is 25.0 Å². The number of nitrogens with one attached hydrogen (secondary N) is 2. The molecule has 22 heavy (non-hydrogen) atoms. The Morgan fingerprint density at radius 3 is 2.73 bits per heavy atom. The summed E-state index contributed by atoms with van der Waals surface area (Å²) in [5.74, 6) is 1.24. The lowest BCUT2D eigenvalue weighted by Gasteiger charge is -2.26. The number of anilines is 1. The molecule has 1 fully saturated rings. The third kappa shape index (κ3) is 2.71. The number of fused-ring (bicyclic) bond motifs is 1. The molecule has 0 radical (unpaired) electrons. The molecule has 3 N–H and O–H groups in total. The Hall–Kier alpha value is -2.28. The maximum atomic E-state index is 11.0. The number of carbonyl (C=O) groups is 1. The van der Waals surface area contributed by atoms with Crippen LogP contribution in [-0.2, 0) is 0 Å². The van der Waals surface area contributed by atoms with Crippen LogP contribution in [0.15, 0.2) is 12.1 Å². The van der Waals surface area contributed by atoms with E-state index in [1.165, 1.54) is 0 Å². The number of rotatable bonds is 3. The maximum absolute atomic E-state index is 11.0. The van der Waals surface area contributed by atoms with Crippen LogP contribution < -0.4 is 15.0 Å². The topological polar surface area (TPSA) is 90.5 Å². The number of aromatic nitrogens is 2. The van der Waals surface area contributed by atoms with Crippen LogP contribution in [-0.4, -0.2) is 47.4 Å². The highest BCUT2D eigenvalue weighted by Crippen LogP contribution is 2.34. The van der Waals surface area contributed by atoms with E-state index in [9.17, 15) is 4.79 Å². The van der Waals surface area contributed by atoms with Crippen LogP contribution in [0, 0.1) is 0 Å². The van der Waals surface area contributed by atoms with Crippen molar-refractivity contribution in [2.45, 2.75) is 19.8 Å². The maximum Gasteiger partial charge on any atom is 0.511 e. The summed E-state index contributed by atoms with van der Waals surface area (Å²) < 4.78 is 5.02. The Morgan fingerprint density at radius 1 is 1.36 bits per heavy atom. The molecule has 7 nitrogen and oxygen atoms in total. The van der Waals surface area contributed by atoms with Gasteiger partial charge in [-0.25, -0.2) is 9.78 Å². The van der Waals surface area contributed by atoms with Crippen molar-refractivity contribution in [3.63, 3.8) is 0 Å². The number of hydrogen-bond donors (Lipinski definition) is 3. The molecular formula is C15H20N4O3. The number of imidazole rings is 1. The first-order valence-corrected chi connectivity index (χ1v) is 7.45. The van der Waals surface area contributed by atoms with E-state index in [-0.39, 0.29) is 5.92 Å². The molecule has 0 spiro atoms. The summed E-state index contributed by atoms with van der Waals surface area (Å²) in [5, 5.41) is 12.3. The van der Waals surface area contributed by atoms with Gasteiger partial charge in [0.2, 0.25) is 5.95 Å². The van der Waals surface area contributed by atoms with Crippen molar-refractivity contribution in [3.05, 3.63) is 17.7 Å². The van der Waals surface area contributed by atoms with Gasteiger partial charge in [-0.05, 0) is 12.0 Å². The van der Waals surface area contributed by atoms with Crippen molar-refractivity contribution < 1.29 is 14.6 Å². The second-order valence-electron chi connectivity index (χ2n) is 5.70. The number of carboxylic acid groups (broad SMARTS) is 1. The van der Waals surface area contributed by atoms with Gasteiger partial charge in [-0.15, -0.1) is 0 Å². The SMILES string of the molecule is CC(C)c1ccc2[nH]c(N3CCNCC3)nc2c1OC(=O)O. The summed E-state index contributed by atoms with van der Waals surface area (Å²) in [4.78, 5) is 21.0. The minimum Gasteiger partial charge on any atom is -0.449 e. The molecule has 3 rings (SSSR count). The molecular weight excluding hydrogens is 284 g/mol. The second kappa shape index (κ2) is 5.84. The molecule has 0 bridgehead atoms. The molecule has 0 aliphatic carbocycles. The van der Waals surface area contributed by atoms with Gasteiger partial charge in [0.15, 0.2) is 5.75 Å². The Labute approximate surface area is 128 Å². The van der Waals surface area contributed by atoms with Crippen LogP contribution in [0.3, 0.4) is 0 Å². The van der Waals surface area contributed by atoms with E-state index < -0.39 is 6.16 Å². The van der Waals surface area contributed by atoms with Crippen molar-refractivity contribution in [1.82, 2.24) is 15.3 Å². The molecule has 0 atom stereocenters. The van der Waals surface area contributed by atoms with Gasteiger partial charge in [-0.2, -0.15) is 0 Å². The van der Waals surface area contributed by atoms with Gasteiger partial charge in [-0.3, -0.25) is 0 Å². The number of benzene rings is 1. The van der Waals surface area contributed by atoms with Crippen LogP contribution in [0.2, 0.25) is 0 Å². The number of nitrogens with zero attached hydrogens (tertiary/aromatic N) is 2. The fraction of sp³-hybridized carbons (Fsp3) is 0.467. The van der Waals surface area contributed by atoms with Gasteiger partial charge in [0, 0.05) is 31.7 Å². The summed E-state index contributed by atoms with van der Waals surface area (Å²) in [6.07, 6.45) is -1.32. The zero-order chi connectivity index (χ0) is 15.7. The summed E-state index contributed by atoms with van der Waals surface area (Å²) in [5.41, 5.74) is 2.20. The van der Waals surface area contributed by atoms with E-state index >= 15 is 0 Å². The highest BCUT2D eigenvalue weighted by molar-refractivity contribution is 5.87. The lowest BCUT2D eigenvalue weighted by atomic mass is 10.0. The smallest absolute Gasteiger partial charge is 0.449 e. The summed E-state index contributed by atoms with van der Waals surface area (Å²) in [7, 11) is 0. The standard InChI is InChI=1S/C15H20N4O3/c1-9(2)10-3-4-11-12(13(10)22-15(20)21)18-14(17-11)19-7-5-16-6-8-19/h3-4,9,16H,5-8H2,1-2H3,(H,17,18)(H,20,21). The molecule has 2 aromatic rings. The van der Waals surface area contributed by atoms with Crippen LogP contribution in [0.25, 0.3) is 11.0 Å². The van der Waals surface area contributed by atoms with E-state index in [1.807, 2.05) is 26.0 Å². The third-order valence-corrected chi connectivity index (χ3v) is 3.85. The zero-order valence-corrected chi connectivity index (χ0v) is 12.7. The molecule has 0 unspecified atom stereocenters. The first-order valence-electron chi connectivity index (χ1n) is 7.45. The van der Waals surface area contributed by atoms with Crippen LogP contribution >= 0.6 is 0 Å². The van der Waals surface area contributed by atoms with Crippen LogP contribution in [0.1, 0.15) is 25.3 Å². The predicted octanol–water partition coefficient (Wildman–Crippen LogP) is 2.15. The molecule has 1 saturated heterocycles. The average molecular weight is 304 g/mol. The predicted molar refractivity (Wildman–Crippen MR) is 83.9 cm³/mol. The Morgan fingerprint density at radius 2 is 2.09 bits per heavy atom. The van der Waals surface area contributed by atoms with Gasteiger partial charge in [0.05, 0.1) is 5.52 Å². The largest absolute Gasteiger partial charge is 0.511 e. The molecule has 1 aromatic heterocycles. The monoisotopic (exact) mass is 304 g/mol. The molecule has 118 valence electrons. The number of piperazine rings is 1. The van der Waals surface area contributed by atoms with Gasteiger partial charge in [0.25, 0.3) is 0 Å². The quantitative estimate of drug-likeness (QED) is 0.594. The molecule has 1 aliphatic rings. The first kappa shape index (κ1) is 14.6. The zero-order valence-electron chi connectivity index (χ0n) is 12.7. The van der Waals surface area contributed by atoms with E-state index in [0.29, 0.717) is 11.3 Å². The number of hydrogen-bond acceptors (Lipinski definition) is 5. The minimum absolute atomic E-state index is 0.151. The van der Waals surface area contributed by atoms with Crippen LogP contribution in [0.4, 0.5) is 10.7 Å². The molecule has 7 heteroatoms. The van der Waals surface area contributed by atoms with Gasteiger partial charge in [0.1, 0.15) is 5.52 Å². The summed E-state index contributed by atoms with van der Waals surface area (Å²) in [6.45, 7) is 7.55. The van der Waals surface area contributed by atoms with E-state index in [1.54, 1.807) is 0 Å². The lowest BCUT2D eigenvalue weighted by Crippen LogP contribution is -2.44. The minimum atomic E-state index is -1.32. The van der Waals surface area contributed by atoms with Crippen molar-refractivity contribution in [3.8, 4) is 5.75 Å². The lowest BCUT2D eigenvalue weighted by molar-refractivity contribution is 0.144. The molecule has 1 aliphatic heterocycles. The Bertz CT molecular complexity index is 689. The van der Waals surface area contributed by atoms with Crippen molar-refractivity contribution in [1.29, 1.82) is 0 Å². The highest BCUT2D eigenvalue weighted by Gasteiger charge is 2.20. The fourth-order valence-corrected chi connectivity index (χ4v) is 2.73.